The minimum absolute atomic E-state index is 0.102. The summed E-state index contributed by atoms with van der Waals surface area (Å²) in [6, 6.07) is 11.7. The number of nitrogens with one attached hydrogen (secondary N) is 1. The molecule has 0 bridgehead atoms. The van der Waals surface area contributed by atoms with Crippen molar-refractivity contribution >= 4 is 21.8 Å². The Bertz CT molecular complexity index is 1180. The average molecular weight is 472 g/mol. The first-order valence-electron chi connectivity index (χ1n) is 11.1. The molecule has 1 saturated heterocycles. The van der Waals surface area contributed by atoms with Crippen LogP contribution in [0.3, 0.4) is 0 Å². The van der Waals surface area contributed by atoms with Crippen LogP contribution in [0.2, 0.25) is 0 Å². The van der Waals surface area contributed by atoms with Crippen molar-refractivity contribution in [3.05, 3.63) is 64.7 Å². The summed E-state index contributed by atoms with van der Waals surface area (Å²) in [5.74, 6) is -0.950. The van der Waals surface area contributed by atoms with Gasteiger partial charge in [0.2, 0.25) is 0 Å². The largest absolute Gasteiger partial charge is 0.376 e. The van der Waals surface area contributed by atoms with E-state index in [2.05, 4.69) is 29.3 Å². The fourth-order valence-corrected chi connectivity index (χ4v) is 6.11. The van der Waals surface area contributed by atoms with Crippen molar-refractivity contribution in [1.29, 1.82) is 0 Å². The molecule has 1 unspecified atom stereocenters. The van der Waals surface area contributed by atoms with Crippen LogP contribution in [0.4, 0.5) is 0 Å². The van der Waals surface area contributed by atoms with Gasteiger partial charge in [0, 0.05) is 37.8 Å². The van der Waals surface area contributed by atoms with E-state index >= 15 is 0 Å². The Kier molecular flexibility index (Phi) is 6.56. The number of amides is 2. The summed E-state index contributed by atoms with van der Waals surface area (Å²) in [4.78, 5) is 27.4. The van der Waals surface area contributed by atoms with Crippen molar-refractivity contribution in [2.75, 3.05) is 19.7 Å². The molecule has 0 aliphatic carbocycles. The first-order chi connectivity index (χ1) is 15.7. The molecule has 176 valence electrons. The monoisotopic (exact) mass is 471 g/mol. The van der Waals surface area contributed by atoms with Crippen LogP contribution in [0.5, 0.6) is 0 Å². The minimum Gasteiger partial charge on any atom is -0.376 e. The van der Waals surface area contributed by atoms with Crippen molar-refractivity contribution < 1.29 is 22.7 Å². The first-order valence-corrected chi connectivity index (χ1v) is 12.5. The lowest BCUT2D eigenvalue weighted by Gasteiger charge is -2.31. The third kappa shape index (κ3) is 4.80. The highest BCUT2D eigenvalue weighted by molar-refractivity contribution is 7.90. The van der Waals surface area contributed by atoms with E-state index in [0.29, 0.717) is 6.54 Å². The maximum atomic E-state index is 12.8. The van der Waals surface area contributed by atoms with E-state index in [4.69, 9.17) is 4.74 Å². The molecule has 0 saturated carbocycles. The number of benzene rings is 2. The topological polar surface area (TPSA) is 96.0 Å². The highest BCUT2D eigenvalue weighted by Crippen LogP contribution is 2.32. The fraction of sp³-hybridized carbons (Fsp3) is 0.417. The number of fused-ring (bicyclic) bond motifs is 1. The lowest BCUT2D eigenvalue weighted by Crippen LogP contribution is -2.40. The number of nitrogens with zero attached hydrogens (tertiary/aromatic N) is 2. The Morgan fingerprint density at radius 1 is 1.18 bits per heavy atom. The standard InChI is InChI=1S/C24H29N3O5S/c1-16(2)27-24(29)21-8-7-20(12-22(21)33(27,30)31)23(28)25-13-18-5-4-6-19(11-18)15-26-9-10-32-17(3)14-26/h4-8,11-12,16-17H,9-10,13-15H2,1-3H3,(H,25,28). The van der Waals surface area contributed by atoms with Crippen molar-refractivity contribution in [2.24, 2.45) is 0 Å². The summed E-state index contributed by atoms with van der Waals surface area (Å²) in [6.07, 6.45) is 0.222. The molecule has 4 rings (SSSR count). The molecule has 2 aromatic carbocycles. The van der Waals surface area contributed by atoms with Crippen LogP contribution < -0.4 is 5.32 Å². The molecule has 2 aliphatic rings. The molecular weight excluding hydrogens is 442 g/mol. The lowest BCUT2D eigenvalue weighted by atomic mass is 10.1. The van der Waals surface area contributed by atoms with Gasteiger partial charge in [0.15, 0.2) is 0 Å². The number of hydrogen-bond donors (Lipinski definition) is 1. The summed E-state index contributed by atoms with van der Waals surface area (Å²) in [7, 11) is -3.95. The Hall–Kier alpha value is -2.75. The van der Waals surface area contributed by atoms with Crippen LogP contribution >= 0.6 is 0 Å². The van der Waals surface area contributed by atoms with Crippen LogP contribution in [0.15, 0.2) is 47.4 Å². The zero-order valence-electron chi connectivity index (χ0n) is 19.1. The molecule has 9 heteroatoms. The minimum atomic E-state index is -3.95. The number of sulfonamides is 1. The number of morpholine rings is 1. The van der Waals surface area contributed by atoms with Gasteiger partial charge in [-0.2, -0.15) is 0 Å². The molecule has 8 nitrogen and oxygen atoms in total. The number of carbonyl (C=O) groups is 2. The Morgan fingerprint density at radius 3 is 2.67 bits per heavy atom. The smallest absolute Gasteiger partial charge is 0.269 e. The molecule has 33 heavy (non-hydrogen) atoms. The van der Waals surface area contributed by atoms with Crippen molar-refractivity contribution in [1.82, 2.24) is 14.5 Å². The van der Waals surface area contributed by atoms with Crippen molar-refractivity contribution in [2.45, 2.75) is 50.9 Å². The highest BCUT2D eigenvalue weighted by atomic mass is 32.2. The van der Waals surface area contributed by atoms with Gasteiger partial charge in [0.05, 0.1) is 18.3 Å². The van der Waals surface area contributed by atoms with Crippen LogP contribution in [0.25, 0.3) is 0 Å². The quantitative estimate of drug-likeness (QED) is 0.695. The third-order valence-electron chi connectivity index (χ3n) is 5.86. The van der Waals surface area contributed by atoms with Crippen molar-refractivity contribution in [3.8, 4) is 0 Å². The molecule has 0 spiro atoms. The van der Waals surface area contributed by atoms with Gasteiger partial charge in [-0.05, 0) is 50.1 Å². The average Bonchev–Trinajstić information content (AvgIpc) is 2.97. The van der Waals surface area contributed by atoms with E-state index in [0.717, 1.165) is 41.7 Å². The van der Waals surface area contributed by atoms with E-state index in [1.165, 1.54) is 18.2 Å². The zero-order chi connectivity index (χ0) is 23.8. The highest BCUT2D eigenvalue weighted by Gasteiger charge is 2.42. The molecule has 1 fully saturated rings. The molecular formula is C24H29N3O5S. The maximum Gasteiger partial charge on any atom is 0.269 e. The summed E-state index contributed by atoms with van der Waals surface area (Å²) in [5.41, 5.74) is 2.42. The van der Waals surface area contributed by atoms with Gasteiger partial charge in [-0.25, -0.2) is 12.7 Å². The van der Waals surface area contributed by atoms with Crippen LogP contribution in [-0.2, 0) is 27.8 Å². The molecule has 1 N–H and O–H groups in total. The number of carbonyl (C=O) groups excluding carboxylic acids is 2. The van der Waals surface area contributed by atoms with Gasteiger partial charge >= 0.3 is 0 Å². The van der Waals surface area contributed by atoms with Gasteiger partial charge < -0.3 is 10.1 Å². The summed E-state index contributed by atoms with van der Waals surface area (Å²) < 4.78 is 32.0. The number of ether oxygens (including phenoxy) is 1. The molecule has 0 aromatic heterocycles. The van der Waals surface area contributed by atoms with Gasteiger partial charge in [0.1, 0.15) is 4.90 Å². The van der Waals surface area contributed by atoms with E-state index in [-0.39, 0.29) is 22.1 Å². The van der Waals surface area contributed by atoms with E-state index in [1.54, 1.807) is 13.8 Å². The molecule has 2 aromatic rings. The second kappa shape index (κ2) is 9.24. The molecule has 0 radical (unpaired) electrons. The first kappa shape index (κ1) is 23.4. The zero-order valence-corrected chi connectivity index (χ0v) is 19.9. The van der Waals surface area contributed by atoms with E-state index in [9.17, 15) is 18.0 Å². The van der Waals surface area contributed by atoms with Crippen LogP contribution in [0.1, 0.15) is 52.6 Å². The van der Waals surface area contributed by atoms with Crippen molar-refractivity contribution in [3.63, 3.8) is 0 Å². The van der Waals surface area contributed by atoms with Gasteiger partial charge in [-0.15, -0.1) is 0 Å². The van der Waals surface area contributed by atoms with Gasteiger partial charge in [0.25, 0.3) is 21.8 Å². The van der Waals surface area contributed by atoms with Gasteiger partial charge in [-0.3, -0.25) is 14.5 Å². The molecule has 2 amide bonds. The predicted molar refractivity (Wildman–Crippen MR) is 123 cm³/mol. The predicted octanol–water partition coefficient (Wildman–Crippen LogP) is 2.39. The molecule has 2 aliphatic heterocycles. The van der Waals surface area contributed by atoms with Gasteiger partial charge in [-0.1, -0.05) is 24.3 Å². The second-order valence-corrected chi connectivity index (χ2v) is 10.6. The third-order valence-corrected chi connectivity index (χ3v) is 7.86. The van der Waals surface area contributed by atoms with Crippen LogP contribution in [0, 0.1) is 0 Å². The normalized spacial score (nSPS) is 20.2. The van der Waals surface area contributed by atoms with E-state index in [1.807, 2.05) is 12.1 Å². The summed E-state index contributed by atoms with van der Waals surface area (Å²) in [6.45, 7) is 8.99. The Balaban J connectivity index is 1.43. The number of hydrogen-bond acceptors (Lipinski definition) is 6. The van der Waals surface area contributed by atoms with Crippen LogP contribution in [-0.4, -0.2) is 61.3 Å². The molecule has 1 atom stereocenters. The summed E-state index contributed by atoms with van der Waals surface area (Å²) in [5, 5.41) is 2.85. The number of rotatable bonds is 6. The SMILES string of the molecule is CC1CN(Cc2cccc(CNC(=O)c3ccc4c(c3)S(=O)(=O)N(C(C)C)C4=O)c2)CCO1. The molecule has 2 heterocycles. The summed E-state index contributed by atoms with van der Waals surface area (Å²) >= 11 is 0. The fourth-order valence-electron chi connectivity index (χ4n) is 4.31. The Morgan fingerprint density at radius 2 is 1.94 bits per heavy atom. The Labute approximate surface area is 194 Å². The van der Waals surface area contributed by atoms with E-state index < -0.39 is 27.9 Å². The second-order valence-electron chi connectivity index (χ2n) is 8.83. The maximum absolute atomic E-state index is 12.8. The lowest BCUT2D eigenvalue weighted by molar-refractivity contribution is -0.0212.